The van der Waals surface area contributed by atoms with E-state index in [1.54, 1.807) is 25.4 Å². The molecule has 1 amide bonds. The van der Waals surface area contributed by atoms with Gasteiger partial charge < -0.3 is 10.1 Å². The topological polar surface area (TPSA) is 63.2 Å². The van der Waals surface area contributed by atoms with E-state index in [-0.39, 0.29) is 11.0 Å². The number of carbonyl (C=O) groups is 1. The van der Waals surface area contributed by atoms with Crippen LogP contribution in [0.3, 0.4) is 0 Å². The number of benzene rings is 1. The van der Waals surface area contributed by atoms with E-state index in [0.29, 0.717) is 11.6 Å². The molecule has 5 nitrogen and oxygen atoms in total. The van der Waals surface area contributed by atoms with Crippen molar-refractivity contribution in [2.24, 2.45) is 0 Å². The van der Waals surface area contributed by atoms with Crippen molar-refractivity contribution in [3.8, 4) is 5.75 Å². The van der Waals surface area contributed by atoms with E-state index in [1.807, 2.05) is 24.3 Å². The van der Waals surface area contributed by atoms with Gasteiger partial charge in [0.25, 0.3) is 0 Å². The third kappa shape index (κ3) is 5.84. The molecule has 124 valence electrons. The van der Waals surface area contributed by atoms with Crippen LogP contribution in [0.2, 0.25) is 0 Å². The Bertz CT molecular complexity index is 781. The molecule has 1 heterocycles. The standard InChI is InChI=1S/C16H13BrIN3O2S/c1-23-13-5-3-11(17)8-10(13)2-7-15(22)21-16(24)20-14-6-4-12(18)9-19-14/h2-9H,1H3,(H2,19,20,21,22,24). The molecule has 8 heteroatoms. The Hall–Kier alpha value is -1.52. The van der Waals surface area contributed by atoms with Gasteiger partial charge in [-0.1, -0.05) is 15.9 Å². The maximum atomic E-state index is 12.0. The minimum Gasteiger partial charge on any atom is -0.496 e. The summed E-state index contributed by atoms with van der Waals surface area (Å²) in [6.45, 7) is 0. The highest BCUT2D eigenvalue weighted by molar-refractivity contribution is 14.1. The molecule has 0 saturated heterocycles. The van der Waals surface area contributed by atoms with Gasteiger partial charge in [-0.15, -0.1) is 0 Å². The first kappa shape index (κ1) is 18.8. The zero-order valence-electron chi connectivity index (χ0n) is 12.5. The molecule has 1 aromatic heterocycles. The molecular weight excluding hydrogens is 505 g/mol. The molecule has 0 radical (unpaired) electrons. The molecule has 0 aliphatic carbocycles. The van der Waals surface area contributed by atoms with E-state index in [2.05, 4.69) is 54.1 Å². The van der Waals surface area contributed by atoms with Crippen molar-refractivity contribution < 1.29 is 9.53 Å². The van der Waals surface area contributed by atoms with Crippen LogP contribution >= 0.6 is 50.7 Å². The second kappa shape index (κ2) is 9.09. The van der Waals surface area contributed by atoms with Crippen LogP contribution in [-0.2, 0) is 4.79 Å². The number of nitrogens with zero attached hydrogens (tertiary/aromatic N) is 1. The summed E-state index contributed by atoms with van der Waals surface area (Å²) in [7, 11) is 1.58. The van der Waals surface area contributed by atoms with Crippen LogP contribution in [-0.4, -0.2) is 23.1 Å². The Morgan fingerprint density at radius 1 is 1.38 bits per heavy atom. The second-order valence-corrected chi connectivity index (χ2v) is 7.09. The summed E-state index contributed by atoms with van der Waals surface area (Å²) in [5.41, 5.74) is 0.778. The number of halogens is 2. The van der Waals surface area contributed by atoms with Gasteiger partial charge in [0, 0.05) is 25.9 Å². The highest BCUT2D eigenvalue weighted by Gasteiger charge is 2.04. The summed E-state index contributed by atoms with van der Waals surface area (Å²) in [4.78, 5) is 16.1. The average Bonchev–Trinajstić information content (AvgIpc) is 2.55. The molecule has 0 unspecified atom stereocenters. The van der Waals surface area contributed by atoms with Gasteiger partial charge in [-0.25, -0.2) is 4.98 Å². The van der Waals surface area contributed by atoms with Gasteiger partial charge in [0.1, 0.15) is 11.6 Å². The average molecular weight is 518 g/mol. The maximum Gasteiger partial charge on any atom is 0.250 e. The molecule has 0 spiro atoms. The van der Waals surface area contributed by atoms with Crippen LogP contribution in [0.15, 0.2) is 47.1 Å². The lowest BCUT2D eigenvalue weighted by Crippen LogP contribution is -2.33. The van der Waals surface area contributed by atoms with Crippen molar-refractivity contribution in [1.29, 1.82) is 0 Å². The minimum atomic E-state index is -0.347. The van der Waals surface area contributed by atoms with E-state index >= 15 is 0 Å². The van der Waals surface area contributed by atoms with Crippen LogP contribution in [0.5, 0.6) is 5.75 Å². The highest BCUT2D eigenvalue weighted by atomic mass is 127. The van der Waals surface area contributed by atoms with Gasteiger partial charge in [0.05, 0.1) is 7.11 Å². The smallest absolute Gasteiger partial charge is 0.250 e. The van der Waals surface area contributed by atoms with Gasteiger partial charge in [0.2, 0.25) is 5.91 Å². The first-order valence-electron chi connectivity index (χ1n) is 6.73. The third-order valence-electron chi connectivity index (χ3n) is 2.81. The van der Waals surface area contributed by atoms with Crippen molar-refractivity contribution in [3.05, 3.63) is 56.2 Å². The van der Waals surface area contributed by atoms with Crippen molar-refractivity contribution in [2.75, 3.05) is 12.4 Å². The number of amides is 1. The molecule has 24 heavy (non-hydrogen) atoms. The molecule has 2 rings (SSSR count). The van der Waals surface area contributed by atoms with Gasteiger partial charge in [-0.2, -0.15) is 0 Å². The normalized spacial score (nSPS) is 10.5. The molecule has 0 aliphatic heterocycles. The Kier molecular flexibility index (Phi) is 7.13. The number of aromatic nitrogens is 1. The number of thiocarbonyl (C=S) groups is 1. The summed E-state index contributed by atoms with van der Waals surface area (Å²) < 4.78 is 7.16. The number of anilines is 1. The van der Waals surface area contributed by atoms with Gasteiger partial charge in [-0.05, 0) is 71.2 Å². The van der Waals surface area contributed by atoms with Crippen molar-refractivity contribution >= 4 is 73.7 Å². The summed E-state index contributed by atoms with van der Waals surface area (Å²) in [6.07, 6.45) is 4.75. The number of hydrogen-bond acceptors (Lipinski definition) is 4. The summed E-state index contributed by atoms with van der Waals surface area (Å²) in [5.74, 6) is 0.893. The highest BCUT2D eigenvalue weighted by Crippen LogP contribution is 2.24. The first-order chi connectivity index (χ1) is 11.5. The van der Waals surface area contributed by atoms with E-state index in [9.17, 15) is 4.79 Å². The largest absolute Gasteiger partial charge is 0.496 e. The Labute approximate surface area is 167 Å². The third-order valence-corrected chi connectivity index (χ3v) is 4.15. The van der Waals surface area contributed by atoms with E-state index in [4.69, 9.17) is 17.0 Å². The molecule has 0 aliphatic rings. The Balaban J connectivity index is 1.96. The lowest BCUT2D eigenvalue weighted by atomic mass is 10.2. The number of pyridine rings is 1. The number of carbonyl (C=O) groups excluding carboxylic acids is 1. The second-order valence-electron chi connectivity index (χ2n) is 4.52. The van der Waals surface area contributed by atoms with E-state index in [1.165, 1.54) is 6.08 Å². The van der Waals surface area contributed by atoms with Gasteiger partial charge in [0.15, 0.2) is 5.11 Å². The molecule has 1 aromatic carbocycles. The minimum absolute atomic E-state index is 0.180. The van der Waals surface area contributed by atoms with Crippen LogP contribution in [0.25, 0.3) is 6.08 Å². The van der Waals surface area contributed by atoms with Crippen LogP contribution in [0, 0.1) is 3.57 Å². The summed E-state index contributed by atoms with van der Waals surface area (Å²) in [5, 5.41) is 5.59. The van der Waals surface area contributed by atoms with Crippen molar-refractivity contribution in [1.82, 2.24) is 10.3 Å². The molecule has 2 N–H and O–H groups in total. The number of nitrogens with one attached hydrogen (secondary N) is 2. The van der Waals surface area contributed by atoms with Gasteiger partial charge in [-0.3, -0.25) is 10.1 Å². The van der Waals surface area contributed by atoms with Crippen molar-refractivity contribution in [2.45, 2.75) is 0 Å². The van der Waals surface area contributed by atoms with Gasteiger partial charge >= 0.3 is 0 Å². The van der Waals surface area contributed by atoms with E-state index < -0.39 is 0 Å². The Morgan fingerprint density at radius 3 is 2.83 bits per heavy atom. The SMILES string of the molecule is COc1ccc(Br)cc1C=CC(=O)NC(=S)Nc1ccc(I)cn1. The molecule has 0 fully saturated rings. The fraction of sp³-hybridized carbons (Fsp3) is 0.0625. The number of hydrogen-bond donors (Lipinski definition) is 2. The number of rotatable bonds is 4. The van der Waals surface area contributed by atoms with Crippen LogP contribution < -0.4 is 15.4 Å². The molecular formula is C16H13BrIN3O2S. The first-order valence-corrected chi connectivity index (χ1v) is 9.01. The molecule has 0 atom stereocenters. The van der Waals surface area contributed by atoms with Crippen LogP contribution in [0.1, 0.15) is 5.56 Å². The monoisotopic (exact) mass is 517 g/mol. The maximum absolute atomic E-state index is 12.0. The van der Waals surface area contributed by atoms with Crippen molar-refractivity contribution in [3.63, 3.8) is 0 Å². The molecule has 0 bridgehead atoms. The predicted octanol–water partition coefficient (Wildman–Crippen LogP) is 3.98. The Morgan fingerprint density at radius 2 is 2.17 bits per heavy atom. The molecule has 0 saturated carbocycles. The fourth-order valence-electron chi connectivity index (χ4n) is 1.75. The number of methoxy groups -OCH3 is 1. The quantitative estimate of drug-likeness (QED) is 0.365. The summed E-state index contributed by atoms with van der Waals surface area (Å²) in [6, 6.07) is 9.20. The zero-order valence-corrected chi connectivity index (χ0v) is 17.1. The van der Waals surface area contributed by atoms with Crippen LogP contribution in [0.4, 0.5) is 5.82 Å². The lowest BCUT2D eigenvalue weighted by molar-refractivity contribution is -0.115. The molecule has 2 aromatic rings. The zero-order chi connectivity index (χ0) is 17.5. The number of ether oxygens (including phenoxy) is 1. The van der Waals surface area contributed by atoms with E-state index in [0.717, 1.165) is 13.6 Å². The lowest BCUT2D eigenvalue weighted by Gasteiger charge is -2.07. The fourth-order valence-corrected chi connectivity index (χ4v) is 2.65. The predicted molar refractivity (Wildman–Crippen MR) is 111 cm³/mol. The summed E-state index contributed by atoms with van der Waals surface area (Å²) >= 11 is 10.6.